The summed E-state index contributed by atoms with van der Waals surface area (Å²) in [4.78, 5) is 27.7. The van der Waals surface area contributed by atoms with E-state index >= 15 is 0 Å². The van der Waals surface area contributed by atoms with Gasteiger partial charge in [-0.1, -0.05) is 13.8 Å². The minimum absolute atomic E-state index is 0.0294. The number of nitrogens with zero attached hydrogens (tertiary/aromatic N) is 1. The zero-order chi connectivity index (χ0) is 26.2. The van der Waals surface area contributed by atoms with Gasteiger partial charge in [0.05, 0.1) is 17.9 Å². The lowest BCUT2D eigenvalue weighted by atomic mass is 10.1. The first kappa shape index (κ1) is 28.6. The Labute approximate surface area is 207 Å². The van der Waals surface area contributed by atoms with Crippen molar-refractivity contribution in [2.45, 2.75) is 60.2 Å². The van der Waals surface area contributed by atoms with Crippen molar-refractivity contribution >= 4 is 42.2 Å². The number of furan rings is 1. The zero-order valence-corrected chi connectivity index (χ0v) is 22.2. The molecule has 0 atom stereocenters. The molecule has 0 aliphatic rings. The summed E-state index contributed by atoms with van der Waals surface area (Å²) >= 11 is 1.21. The number of aromatic nitrogens is 1. The number of anilines is 1. The molecule has 0 saturated heterocycles. The maximum absolute atomic E-state index is 14.0. The molecule has 2 heterocycles. The van der Waals surface area contributed by atoms with E-state index in [1.54, 1.807) is 33.1 Å². The molecule has 0 aromatic carbocycles. The first-order valence-corrected chi connectivity index (χ1v) is 13.2. The fourth-order valence-electron chi connectivity index (χ4n) is 2.66. The highest BCUT2D eigenvalue weighted by molar-refractivity contribution is 7.63. The van der Waals surface area contributed by atoms with Crippen molar-refractivity contribution in [2.24, 2.45) is 5.92 Å². The van der Waals surface area contributed by atoms with E-state index in [0.29, 0.717) is 17.2 Å². The lowest BCUT2D eigenvalue weighted by Gasteiger charge is -2.19. The number of hydrogen-bond acceptors (Lipinski definition) is 13. The largest absolute Gasteiger partial charge is 0.510 e. The molecule has 0 radical (unpaired) electrons. The minimum Gasteiger partial charge on any atom is -0.455 e. The molecule has 0 saturated carbocycles. The first-order chi connectivity index (χ1) is 16.4. The van der Waals surface area contributed by atoms with Gasteiger partial charge in [0, 0.05) is 18.0 Å². The molecule has 0 fully saturated rings. The van der Waals surface area contributed by atoms with Crippen LogP contribution in [0.25, 0.3) is 10.8 Å². The van der Waals surface area contributed by atoms with Crippen LogP contribution in [-0.4, -0.2) is 43.1 Å². The topological polar surface area (TPSA) is 159 Å². The highest BCUT2D eigenvalue weighted by Gasteiger charge is 2.40. The normalized spacial score (nSPS) is 11.8. The Kier molecular flexibility index (Phi) is 10.6. The molecule has 0 bridgehead atoms. The maximum Gasteiger partial charge on any atom is 0.510 e. The Morgan fingerprint density at radius 1 is 1.03 bits per heavy atom. The number of ether oxygens (including phenoxy) is 4. The number of carbonyl (C=O) groups excluding carboxylic acids is 2. The van der Waals surface area contributed by atoms with E-state index in [-0.39, 0.29) is 22.7 Å². The van der Waals surface area contributed by atoms with E-state index in [1.807, 2.05) is 13.8 Å². The average Bonchev–Trinajstić information content (AvgIpc) is 3.35. The molecule has 12 nitrogen and oxygen atoms in total. The van der Waals surface area contributed by atoms with Gasteiger partial charge >= 0.3 is 19.9 Å². The molecular weight excluding hydrogens is 503 g/mol. The third kappa shape index (κ3) is 8.53. The molecule has 0 unspecified atom stereocenters. The first-order valence-electron chi connectivity index (χ1n) is 10.8. The van der Waals surface area contributed by atoms with Crippen LogP contribution in [0.5, 0.6) is 0 Å². The van der Waals surface area contributed by atoms with Crippen LogP contribution < -0.4 is 11.0 Å². The van der Waals surface area contributed by atoms with Crippen LogP contribution in [0.15, 0.2) is 16.0 Å². The van der Waals surface area contributed by atoms with Crippen molar-refractivity contribution < 1.29 is 46.6 Å². The number of thiazole rings is 1. The van der Waals surface area contributed by atoms with Crippen LogP contribution in [0.4, 0.5) is 15.3 Å². The highest BCUT2D eigenvalue weighted by Crippen LogP contribution is 2.52. The van der Waals surface area contributed by atoms with Crippen LogP contribution in [-0.2, 0) is 39.0 Å². The average molecular weight is 535 g/mol. The van der Waals surface area contributed by atoms with E-state index in [1.165, 1.54) is 17.5 Å². The molecule has 14 heteroatoms. The molecule has 196 valence electrons. The van der Waals surface area contributed by atoms with Gasteiger partial charge in [-0.05, 0) is 33.6 Å². The summed E-state index contributed by atoms with van der Waals surface area (Å²) < 4.78 is 50.1. The molecule has 0 aliphatic carbocycles. The number of hydrogen-bond donors (Lipinski definition) is 1. The predicted octanol–water partition coefficient (Wildman–Crippen LogP) is 5.07. The fraction of sp³-hybridized carbons (Fsp3) is 0.571. The van der Waals surface area contributed by atoms with Crippen molar-refractivity contribution in [1.82, 2.24) is 4.98 Å². The third-order valence-electron chi connectivity index (χ3n) is 3.95. The molecule has 2 aromatic rings. The van der Waals surface area contributed by atoms with Gasteiger partial charge in [-0.3, -0.25) is 13.6 Å². The molecule has 2 N–H and O–H groups in total. The van der Waals surface area contributed by atoms with E-state index in [9.17, 15) is 14.2 Å². The molecule has 2 rings (SSSR count). The predicted molar refractivity (Wildman–Crippen MR) is 127 cm³/mol. The van der Waals surface area contributed by atoms with Crippen molar-refractivity contribution in [3.05, 3.63) is 17.3 Å². The summed E-state index contributed by atoms with van der Waals surface area (Å²) in [6.07, 6.45) is -0.990. The number of nitrogen functional groups attached to an aromatic ring is 1. The second-order valence-corrected chi connectivity index (χ2v) is 11.0. The van der Waals surface area contributed by atoms with Gasteiger partial charge in [0.15, 0.2) is 10.8 Å². The highest BCUT2D eigenvalue weighted by atomic mass is 32.1. The molecule has 0 aliphatic heterocycles. The van der Waals surface area contributed by atoms with Gasteiger partial charge in [0.25, 0.3) is 0 Å². The smallest absolute Gasteiger partial charge is 0.455 e. The molecule has 2 aromatic heterocycles. The summed E-state index contributed by atoms with van der Waals surface area (Å²) in [6.45, 7) is 8.83. The molecule has 0 spiro atoms. The summed E-state index contributed by atoms with van der Waals surface area (Å²) in [5, 5.41) is 1.95. The number of rotatable bonds is 12. The van der Waals surface area contributed by atoms with Crippen molar-refractivity contribution in [3.63, 3.8) is 0 Å². The van der Waals surface area contributed by atoms with Crippen LogP contribution in [0, 0.1) is 5.92 Å². The monoisotopic (exact) mass is 534 g/mol. The summed E-state index contributed by atoms with van der Waals surface area (Å²) in [5.41, 5.74) is 6.35. The van der Waals surface area contributed by atoms with E-state index < -0.39 is 45.7 Å². The molecular formula is C21H31N2O10PS. The van der Waals surface area contributed by atoms with Crippen molar-refractivity contribution in [3.8, 4) is 10.8 Å². The van der Waals surface area contributed by atoms with Crippen LogP contribution in [0.3, 0.4) is 0 Å². The van der Waals surface area contributed by atoms with Gasteiger partial charge in [0.2, 0.25) is 13.6 Å². The zero-order valence-electron chi connectivity index (χ0n) is 20.5. The van der Waals surface area contributed by atoms with Gasteiger partial charge in [-0.2, -0.15) is 0 Å². The van der Waals surface area contributed by atoms with Gasteiger partial charge in [-0.25, -0.2) is 14.6 Å². The van der Waals surface area contributed by atoms with E-state index in [2.05, 4.69) is 4.98 Å². The Morgan fingerprint density at radius 2 is 1.57 bits per heavy atom. The number of carbonyl (C=O) groups is 2. The van der Waals surface area contributed by atoms with Crippen LogP contribution in [0.1, 0.15) is 47.3 Å². The van der Waals surface area contributed by atoms with Crippen molar-refractivity contribution in [1.29, 1.82) is 0 Å². The maximum atomic E-state index is 14.0. The van der Waals surface area contributed by atoms with Gasteiger partial charge in [0.1, 0.15) is 11.1 Å². The van der Waals surface area contributed by atoms with E-state index in [4.69, 9.17) is 38.1 Å². The molecule has 0 amide bonds. The lowest BCUT2D eigenvalue weighted by Crippen LogP contribution is -2.21. The second-order valence-electron chi connectivity index (χ2n) is 8.17. The summed E-state index contributed by atoms with van der Waals surface area (Å²) in [5.74, 6) is 0.587. The van der Waals surface area contributed by atoms with Crippen LogP contribution in [0.2, 0.25) is 0 Å². The summed E-state index contributed by atoms with van der Waals surface area (Å²) in [6, 6.07) is 0. The quantitative estimate of drug-likeness (QED) is 0.219. The van der Waals surface area contributed by atoms with E-state index in [0.717, 1.165) is 0 Å². The Hall–Kier alpha value is -2.60. The van der Waals surface area contributed by atoms with Gasteiger partial charge < -0.3 is 29.1 Å². The second kappa shape index (κ2) is 12.9. The van der Waals surface area contributed by atoms with Crippen LogP contribution >= 0.6 is 18.9 Å². The summed E-state index contributed by atoms with van der Waals surface area (Å²) in [7, 11) is -4.41. The molecule has 35 heavy (non-hydrogen) atoms. The van der Waals surface area contributed by atoms with Crippen molar-refractivity contribution in [2.75, 3.05) is 19.3 Å². The standard InChI is InChI=1S/C21H31N2O10PS/c1-12(2)9-15-16(22)18(17(33-15)19-23-7-8-35-19)34(26,29-10-27-20(24)31-13(3)4)30-11-28-21(25)32-14(5)6/h7-8,12-14H,9-11,22H2,1-6H3. The Morgan fingerprint density at radius 3 is 2.00 bits per heavy atom. The minimum atomic E-state index is -4.41. The Bertz CT molecular complexity index is 988. The fourth-order valence-corrected chi connectivity index (χ4v) is 4.90. The SMILES string of the molecule is CC(C)Cc1oc(-c2nccs2)c(P(=O)(OCOC(=O)OC(C)C)OCOC(=O)OC(C)C)c1N. The Balaban J connectivity index is 2.38. The van der Waals surface area contributed by atoms with Gasteiger partial charge in [-0.15, -0.1) is 11.3 Å². The number of nitrogens with two attached hydrogens (primary N) is 1. The lowest BCUT2D eigenvalue weighted by molar-refractivity contribution is -0.0284. The third-order valence-corrected chi connectivity index (χ3v) is 6.61.